The van der Waals surface area contributed by atoms with Crippen LogP contribution in [0.4, 0.5) is 0 Å². The van der Waals surface area contributed by atoms with Gasteiger partial charge >= 0.3 is 0 Å². The first-order valence-corrected chi connectivity index (χ1v) is 6.66. The number of hydrogen-bond acceptors (Lipinski definition) is 3. The molecule has 0 aliphatic rings. The summed E-state index contributed by atoms with van der Waals surface area (Å²) in [5.74, 6) is 0.889. The third-order valence-electron chi connectivity index (χ3n) is 2.82. The molecule has 4 heteroatoms. The van der Waals surface area contributed by atoms with Crippen molar-refractivity contribution in [1.82, 2.24) is 10.6 Å². The van der Waals surface area contributed by atoms with Crippen LogP contribution in [0.25, 0.3) is 0 Å². The molecule has 1 atom stereocenters. The zero-order valence-corrected chi connectivity index (χ0v) is 12.2. The van der Waals surface area contributed by atoms with Crippen LogP contribution in [0.5, 0.6) is 5.75 Å². The summed E-state index contributed by atoms with van der Waals surface area (Å²) in [6, 6.07) is 6.10. The highest BCUT2D eigenvalue weighted by atomic mass is 16.5. The van der Waals surface area contributed by atoms with E-state index < -0.39 is 0 Å². The number of amides is 1. The Bertz CT molecular complexity index is 398. The van der Waals surface area contributed by atoms with Gasteiger partial charge < -0.3 is 15.4 Å². The Morgan fingerprint density at radius 3 is 2.47 bits per heavy atom. The fourth-order valence-electron chi connectivity index (χ4n) is 1.93. The fraction of sp³-hybridized carbons (Fsp3) is 0.533. The Hall–Kier alpha value is -1.55. The van der Waals surface area contributed by atoms with E-state index in [2.05, 4.69) is 16.7 Å². The molecule has 0 aromatic heterocycles. The van der Waals surface area contributed by atoms with Crippen molar-refractivity contribution in [3.63, 3.8) is 0 Å². The maximum Gasteiger partial charge on any atom is 0.224 e. The van der Waals surface area contributed by atoms with Crippen molar-refractivity contribution in [3.05, 3.63) is 29.3 Å². The van der Waals surface area contributed by atoms with Crippen molar-refractivity contribution < 1.29 is 9.53 Å². The lowest BCUT2D eigenvalue weighted by Crippen LogP contribution is -2.36. The number of rotatable bonds is 7. The molecule has 2 N–H and O–H groups in total. The van der Waals surface area contributed by atoms with Crippen LogP contribution < -0.4 is 15.4 Å². The van der Waals surface area contributed by atoms with Gasteiger partial charge in [0.2, 0.25) is 5.91 Å². The topological polar surface area (TPSA) is 50.4 Å². The summed E-state index contributed by atoms with van der Waals surface area (Å²) in [5, 5.41) is 5.85. The quantitative estimate of drug-likeness (QED) is 0.736. The molecule has 4 nitrogen and oxygen atoms in total. The van der Waals surface area contributed by atoms with Crippen LogP contribution in [0.1, 0.15) is 18.1 Å². The maximum atomic E-state index is 11.6. The van der Waals surface area contributed by atoms with E-state index >= 15 is 0 Å². The van der Waals surface area contributed by atoms with Gasteiger partial charge in [0.25, 0.3) is 0 Å². The summed E-state index contributed by atoms with van der Waals surface area (Å²) in [4.78, 5) is 11.6. The van der Waals surface area contributed by atoms with E-state index in [9.17, 15) is 4.79 Å². The van der Waals surface area contributed by atoms with E-state index in [0.717, 1.165) is 5.75 Å². The second-order valence-electron chi connectivity index (χ2n) is 4.92. The zero-order valence-electron chi connectivity index (χ0n) is 12.2. The van der Waals surface area contributed by atoms with Gasteiger partial charge in [-0.05, 0) is 44.2 Å². The molecular weight excluding hydrogens is 240 g/mol. The Balaban J connectivity index is 2.29. The van der Waals surface area contributed by atoms with Crippen molar-refractivity contribution >= 4 is 5.91 Å². The lowest BCUT2D eigenvalue weighted by molar-refractivity contribution is -0.124. The van der Waals surface area contributed by atoms with Gasteiger partial charge in [-0.3, -0.25) is 4.79 Å². The van der Waals surface area contributed by atoms with E-state index in [4.69, 9.17) is 4.74 Å². The van der Waals surface area contributed by atoms with Gasteiger partial charge in [-0.2, -0.15) is 0 Å². The molecule has 0 radical (unpaired) electrons. The number of benzene rings is 1. The number of ether oxygens (including phenoxy) is 1. The van der Waals surface area contributed by atoms with Gasteiger partial charge in [0, 0.05) is 12.5 Å². The molecule has 0 aliphatic carbocycles. The van der Waals surface area contributed by atoms with Crippen molar-refractivity contribution in [1.29, 1.82) is 0 Å². The number of carbonyl (C=O) groups excluding carboxylic acids is 1. The highest BCUT2D eigenvalue weighted by molar-refractivity contribution is 5.78. The minimum atomic E-state index is -0.0220. The van der Waals surface area contributed by atoms with Crippen LogP contribution in [0, 0.1) is 19.8 Å². The molecule has 1 aromatic rings. The van der Waals surface area contributed by atoms with E-state index in [1.54, 1.807) is 0 Å². The second kappa shape index (κ2) is 7.79. The van der Waals surface area contributed by atoms with E-state index in [0.29, 0.717) is 19.7 Å². The van der Waals surface area contributed by atoms with E-state index in [1.807, 2.05) is 40.0 Å². The zero-order chi connectivity index (χ0) is 14.3. The summed E-state index contributed by atoms with van der Waals surface area (Å²) in [6.45, 7) is 7.68. The molecule has 0 heterocycles. The normalized spacial score (nSPS) is 12.0. The van der Waals surface area contributed by atoms with Gasteiger partial charge in [-0.15, -0.1) is 0 Å². The molecule has 1 unspecified atom stereocenters. The Morgan fingerprint density at radius 1 is 1.26 bits per heavy atom. The first-order chi connectivity index (χ1) is 9.02. The average molecular weight is 264 g/mol. The number of carbonyl (C=O) groups is 1. The van der Waals surface area contributed by atoms with Crippen molar-refractivity contribution in [2.24, 2.45) is 5.92 Å². The number of nitrogens with one attached hydrogen (secondary N) is 2. The van der Waals surface area contributed by atoms with Crippen molar-refractivity contribution in [3.8, 4) is 5.75 Å². The summed E-state index contributed by atoms with van der Waals surface area (Å²) in [6.07, 6.45) is 0. The molecule has 106 valence electrons. The van der Waals surface area contributed by atoms with Crippen LogP contribution in [0.2, 0.25) is 0 Å². The van der Waals surface area contributed by atoms with Crippen molar-refractivity contribution in [2.45, 2.75) is 20.8 Å². The first kappa shape index (κ1) is 15.5. The molecule has 19 heavy (non-hydrogen) atoms. The highest BCUT2D eigenvalue weighted by Gasteiger charge is 2.10. The minimum absolute atomic E-state index is 0.0220. The largest absolute Gasteiger partial charge is 0.492 e. The summed E-state index contributed by atoms with van der Waals surface area (Å²) in [5.41, 5.74) is 2.36. The third kappa shape index (κ3) is 5.75. The molecular formula is C15H24N2O2. The van der Waals surface area contributed by atoms with Crippen LogP contribution in [-0.2, 0) is 4.79 Å². The maximum absolute atomic E-state index is 11.6. The lowest BCUT2D eigenvalue weighted by atomic mass is 10.1. The Morgan fingerprint density at radius 2 is 1.89 bits per heavy atom. The first-order valence-electron chi connectivity index (χ1n) is 6.66. The molecule has 1 aromatic carbocycles. The molecule has 0 bridgehead atoms. The van der Waals surface area contributed by atoms with Crippen LogP contribution in [0.15, 0.2) is 18.2 Å². The summed E-state index contributed by atoms with van der Waals surface area (Å²) >= 11 is 0. The van der Waals surface area contributed by atoms with Gasteiger partial charge in [0.1, 0.15) is 12.4 Å². The molecule has 0 saturated carbocycles. The van der Waals surface area contributed by atoms with Crippen LogP contribution >= 0.6 is 0 Å². The Labute approximate surface area is 115 Å². The van der Waals surface area contributed by atoms with E-state index in [1.165, 1.54) is 11.1 Å². The van der Waals surface area contributed by atoms with Gasteiger partial charge in [-0.25, -0.2) is 0 Å². The van der Waals surface area contributed by atoms with Gasteiger partial charge in [-0.1, -0.05) is 13.0 Å². The summed E-state index contributed by atoms with van der Waals surface area (Å²) < 4.78 is 5.63. The third-order valence-corrected chi connectivity index (χ3v) is 2.82. The van der Waals surface area contributed by atoms with Crippen LogP contribution in [0.3, 0.4) is 0 Å². The minimum Gasteiger partial charge on any atom is -0.492 e. The monoisotopic (exact) mass is 264 g/mol. The molecule has 1 rings (SSSR count). The van der Waals surface area contributed by atoms with E-state index in [-0.39, 0.29) is 11.8 Å². The molecule has 0 aliphatic heterocycles. The number of aryl methyl sites for hydroxylation is 2. The van der Waals surface area contributed by atoms with Crippen LogP contribution in [-0.4, -0.2) is 32.7 Å². The summed E-state index contributed by atoms with van der Waals surface area (Å²) in [7, 11) is 1.84. The predicted molar refractivity (Wildman–Crippen MR) is 77.5 cm³/mol. The highest BCUT2D eigenvalue weighted by Crippen LogP contribution is 2.15. The molecule has 0 saturated heterocycles. The predicted octanol–water partition coefficient (Wildman–Crippen LogP) is 1.65. The second-order valence-corrected chi connectivity index (χ2v) is 4.92. The van der Waals surface area contributed by atoms with Gasteiger partial charge in [0.05, 0.1) is 6.54 Å². The molecule has 0 spiro atoms. The number of hydrogen-bond donors (Lipinski definition) is 2. The average Bonchev–Trinajstić information content (AvgIpc) is 2.33. The van der Waals surface area contributed by atoms with Gasteiger partial charge in [0.15, 0.2) is 0 Å². The smallest absolute Gasteiger partial charge is 0.224 e. The lowest BCUT2D eigenvalue weighted by Gasteiger charge is -2.12. The van der Waals surface area contributed by atoms with Crippen molar-refractivity contribution in [2.75, 3.05) is 26.7 Å². The molecule has 0 fully saturated rings. The fourth-order valence-corrected chi connectivity index (χ4v) is 1.93. The standard InChI is InChI=1S/C15H24N2O2/c1-11-7-12(2)9-14(8-11)19-6-5-17-15(18)13(3)10-16-4/h7-9,13,16H,5-6,10H2,1-4H3,(H,17,18). The Kier molecular flexibility index (Phi) is 6.36. The molecule has 1 amide bonds. The SMILES string of the molecule is CNCC(C)C(=O)NCCOc1cc(C)cc(C)c1.